The van der Waals surface area contributed by atoms with Gasteiger partial charge in [0, 0.05) is 45.5 Å². The van der Waals surface area contributed by atoms with Crippen LogP contribution in [0.5, 0.6) is 0 Å². The van der Waals surface area contributed by atoms with Crippen molar-refractivity contribution < 1.29 is 9.59 Å². The SMILES string of the molecule is CN(C)C(=O)[C@]1(Cc2ccc(-c3ccncc3)cc2)CCCN(C(=O)C2CCC2)C1. The highest BCUT2D eigenvalue weighted by Crippen LogP contribution is 2.38. The Bertz CT molecular complexity index is 890. The number of piperidine rings is 1. The molecule has 4 rings (SSSR count). The van der Waals surface area contributed by atoms with Crippen LogP contribution < -0.4 is 0 Å². The topological polar surface area (TPSA) is 53.5 Å². The van der Waals surface area contributed by atoms with Crippen LogP contribution >= 0.6 is 0 Å². The van der Waals surface area contributed by atoms with Crippen molar-refractivity contribution in [3.8, 4) is 11.1 Å². The molecule has 0 unspecified atom stereocenters. The highest BCUT2D eigenvalue weighted by Gasteiger charge is 2.45. The monoisotopic (exact) mass is 405 g/mol. The molecule has 0 N–H and O–H groups in total. The average molecular weight is 406 g/mol. The van der Waals surface area contributed by atoms with Gasteiger partial charge in [-0.3, -0.25) is 14.6 Å². The van der Waals surface area contributed by atoms with E-state index in [1.807, 2.05) is 31.1 Å². The Hall–Kier alpha value is -2.69. The third-order valence-electron chi connectivity index (χ3n) is 6.71. The van der Waals surface area contributed by atoms with Crippen LogP contribution in [0.15, 0.2) is 48.8 Å². The quantitative estimate of drug-likeness (QED) is 0.761. The van der Waals surface area contributed by atoms with Crippen molar-refractivity contribution in [2.45, 2.75) is 38.5 Å². The van der Waals surface area contributed by atoms with Crippen molar-refractivity contribution in [1.29, 1.82) is 0 Å². The Kier molecular flexibility index (Phi) is 5.89. The van der Waals surface area contributed by atoms with Crippen molar-refractivity contribution in [2.75, 3.05) is 27.2 Å². The second-order valence-electron chi connectivity index (χ2n) is 9.08. The fraction of sp³-hybridized carbons (Fsp3) is 0.480. The number of amides is 2. The highest BCUT2D eigenvalue weighted by atomic mass is 16.2. The zero-order valence-corrected chi connectivity index (χ0v) is 18.0. The first kappa shape index (κ1) is 20.6. The molecule has 158 valence electrons. The summed E-state index contributed by atoms with van der Waals surface area (Å²) in [4.78, 5) is 34.0. The van der Waals surface area contributed by atoms with Gasteiger partial charge in [-0.2, -0.15) is 0 Å². The minimum Gasteiger partial charge on any atom is -0.348 e. The molecule has 2 fully saturated rings. The first-order chi connectivity index (χ1) is 14.5. The second-order valence-corrected chi connectivity index (χ2v) is 9.08. The van der Waals surface area contributed by atoms with Gasteiger partial charge in [-0.05, 0) is 60.9 Å². The van der Waals surface area contributed by atoms with E-state index in [-0.39, 0.29) is 17.7 Å². The predicted octanol–water partition coefficient (Wildman–Crippen LogP) is 3.79. The van der Waals surface area contributed by atoms with E-state index in [1.54, 1.807) is 17.3 Å². The molecule has 0 radical (unpaired) electrons. The van der Waals surface area contributed by atoms with E-state index in [4.69, 9.17) is 0 Å². The number of nitrogens with zero attached hydrogens (tertiary/aromatic N) is 3. The third kappa shape index (κ3) is 4.11. The van der Waals surface area contributed by atoms with E-state index in [1.165, 1.54) is 0 Å². The molecule has 30 heavy (non-hydrogen) atoms. The van der Waals surface area contributed by atoms with E-state index in [2.05, 4.69) is 29.2 Å². The van der Waals surface area contributed by atoms with E-state index in [0.29, 0.717) is 13.0 Å². The Morgan fingerprint density at radius 2 is 1.70 bits per heavy atom. The third-order valence-corrected chi connectivity index (χ3v) is 6.71. The van der Waals surface area contributed by atoms with Crippen LogP contribution in [0.25, 0.3) is 11.1 Å². The molecule has 1 aromatic heterocycles. The predicted molar refractivity (Wildman–Crippen MR) is 118 cm³/mol. The zero-order chi connectivity index (χ0) is 21.1. The van der Waals surface area contributed by atoms with Crippen molar-refractivity contribution in [3.05, 3.63) is 54.4 Å². The smallest absolute Gasteiger partial charge is 0.230 e. The van der Waals surface area contributed by atoms with Crippen molar-refractivity contribution in [2.24, 2.45) is 11.3 Å². The van der Waals surface area contributed by atoms with Gasteiger partial charge < -0.3 is 9.80 Å². The van der Waals surface area contributed by atoms with Gasteiger partial charge in [0.2, 0.25) is 11.8 Å². The van der Waals surface area contributed by atoms with Crippen LogP contribution in [0.4, 0.5) is 0 Å². The van der Waals surface area contributed by atoms with Gasteiger partial charge in [0.1, 0.15) is 0 Å². The number of pyridine rings is 1. The summed E-state index contributed by atoms with van der Waals surface area (Å²) >= 11 is 0. The summed E-state index contributed by atoms with van der Waals surface area (Å²) in [7, 11) is 3.65. The maximum Gasteiger partial charge on any atom is 0.230 e. The molecule has 1 aliphatic heterocycles. The molecule has 1 aromatic carbocycles. The summed E-state index contributed by atoms with van der Waals surface area (Å²) in [6.45, 7) is 1.31. The van der Waals surface area contributed by atoms with Crippen molar-refractivity contribution in [3.63, 3.8) is 0 Å². The lowest BCUT2D eigenvalue weighted by atomic mass is 9.73. The number of aromatic nitrogens is 1. The molecule has 1 atom stereocenters. The Labute approximate surface area is 179 Å². The molecule has 0 spiro atoms. The average Bonchev–Trinajstić information content (AvgIpc) is 2.73. The maximum absolute atomic E-state index is 13.3. The largest absolute Gasteiger partial charge is 0.348 e. The van der Waals surface area contributed by atoms with Crippen LogP contribution in [0.3, 0.4) is 0 Å². The maximum atomic E-state index is 13.3. The summed E-state index contributed by atoms with van der Waals surface area (Å²) in [5, 5.41) is 0. The van der Waals surface area contributed by atoms with Crippen LogP contribution in [-0.2, 0) is 16.0 Å². The lowest BCUT2D eigenvalue weighted by Crippen LogP contribution is -2.55. The van der Waals surface area contributed by atoms with Gasteiger partial charge in [0.15, 0.2) is 0 Å². The fourth-order valence-corrected chi connectivity index (χ4v) is 4.85. The van der Waals surface area contributed by atoms with Gasteiger partial charge in [0.05, 0.1) is 5.41 Å². The normalized spacial score (nSPS) is 21.7. The number of rotatable bonds is 5. The first-order valence-corrected chi connectivity index (χ1v) is 11.0. The van der Waals surface area contributed by atoms with Crippen molar-refractivity contribution in [1.82, 2.24) is 14.8 Å². The molecule has 2 amide bonds. The van der Waals surface area contributed by atoms with E-state index in [0.717, 1.165) is 55.3 Å². The van der Waals surface area contributed by atoms with Crippen LogP contribution in [-0.4, -0.2) is 53.8 Å². The van der Waals surface area contributed by atoms with Gasteiger partial charge in [0.25, 0.3) is 0 Å². The van der Waals surface area contributed by atoms with Crippen LogP contribution in [0.1, 0.15) is 37.7 Å². The fourth-order valence-electron chi connectivity index (χ4n) is 4.85. The lowest BCUT2D eigenvalue weighted by Gasteiger charge is -2.44. The Morgan fingerprint density at radius 3 is 2.30 bits per heavy atom. The second kappa shape index (κ2) is 8.58. The van der Waals surface area contributed by atoms with Gasteiger partial charge in [-0.15, -0.1) is 0 Å². The number of likely N-dealkylation sites (tertiary alicyclic amines) is 1. The number of carbonyl (C=O) groups excluding carboxylic acids is 2. The van der Waals surface area contributed by atoms with Gasteiger partial charge in [-0.25, -0.2) is 0 Å². The minimum absolute atomic E-state index is 0.131. The lowest BCUT2D eigenvalue weighted by molar-refractivity contribution is -0.150. The molecule has 1 saturated carbocycles. The van der Waals surface area contributed by atoms with Gasteiger partial charge in [-0.1, -0.05) is 30.7 Å². The van der Waals surface area contributed by atoms with Crippen LogP contribution in [0.2, 0.25) is 0 Å². The molecular formula is C25H31N3O2. The standard InChI is InChI=1S/C25H31N3O2/c1-27(2)24(30)25(13-4-16-28(18-25)23(29)22-5-3-6-22)17-19-7-9-20(10-8-19)21-11-14-26-15-12-21/h7-12,14-15,22H,3-6,13,16-18H2,1-2H3/t25-/m0/s1. The Balaban J connectivity index is 1.56. The summed E-state index contributed by atoms with van der Waals surface area (Å²) in [6, 6.07) is 12.5. The first-order valence-electron chi connectivity index (χ1n) is 11.0. The molecule has 2 heterocycles. The molecule has 1 saturated heterocycles. The summed E-state index contributed by atoms with van der Waals surface area (Å²) in [6.07, 6.45) is 9.11. The zero-order valence-electron chi connectivity index (χ0n) is 18.0. The number of benzene rings is 1. The summed E-state index contributed by atoms with van der Waals surface area (Å²) < 4.78 is 0. The Morgan fingerprint density at radius 1 is 1.03 bits per heavy atom. The number of carbonyl (C=O) groups is 2. The molecule has 0 bridgehead atoms. The van der Waals surface area contributed by atoms with E-state index < -0.39 is 5.41 Å². The van der Waals surface area contributed by atoms with Crippen molar-refractivity contribution >= 4 is 11.8 Å². The molecule has 2 aliphatic rings. The minimum atomic E-state index is -0.542. The van der Waals surface area contributed by atoms with Gasteiger partial charge >= 0.3 is 0 Å². The van der Waals surface area contributed by atoms with E-state index in [9.17, 15) is 9.59 Å². The highest BCUT2D eigenvalue weighted by molar-refractivity contribution is 5.85. The summed E-state index contributed by atoms with van der Waals surface area (Å²) in [5.41, 5.74) is 2.87. The molecule has 2 aromatic rings. The number of hydrogen-bond acceptors (Lipinski definition) is 3. The number of hydrogen-bond donors (Lipinski definition) is 0. The van der Waals surface area contributed by atoms with E-state index >= 15 is 0 Å². The molecular weight excluding hydrogens is 374 g/mol. The molecule has 1 aliphatic carbocycles. The summed E-state index contributed by atoms with van der Waals surface area (Å²) in [5.74, 6) is 0.562. The molecule has 5 nitrogen and oxygen atoms in total. The van der Waals surface area contributed by atoms with Crippen LogP contribution in [0, 0.1) is 11.3 Å². The molecule has 5 heteroatoms.